The van der Waals surface area contributed by atoms with Crippen molar-refractivity contribution in [3.63, 3.8) is 0 Å². The van der Waals surface area contributed by atoms with E-state index in [1.807, 2.05) is 25.1 Å². The van der Waals surface area contributed by atoms with Gasteiger partial charge in [-0.1, -0.05) is 49.4 Å². The Morgan fingerprint density at radius 1 is 1.39 bits per heavy atom. The Morgan fingerprint density at radius 2 is 2.09 bits per heavy atom. The molecule has 0 unspecified atom stereocenters. The van der Waals surface area contributed by atoms with Crippen molar-refractivity contribution in [2.75, 3.05) is 0 Å². The van der Waals surface area contributed by atoms with Crippen molar-refractivity contribution < 1.29 is 18.7 Å². The van der Waals surface area contributed by atoms with Crippen LogP contribution in [0.15, 0.2) is 42.5 Å². The highest BCUT2D eigenvalue weighted by atomic mass is 19.3. The molecule has 2 N–H and O–H groups in total. The quantitative estimate of drug-likeness (QED) is 0.758. The lowest BCUT2D eigenvalue weighted by Gasteiger charge is -2.16. The largest absolute Gasteiger partial charge is 0.389 e. The van der Waals surface area contributed by atoms with Crippen LogP contribution in [0.5, 0.6) is 0 Å². The summed E-state index contributed by atoms with van der Waals surface area (Å²) in [4.78, 5) is 11.0. The van der Waals surface area contributed by atoms with Crippen LogP contribution in [0.25, 0.3) is 0 Å². The lowest BCUT2D eigenvalue weighted by atomic mass is 9.95. The number of alkyl halides is 2. The Kier molecular flexibility index (Phi) is 5.88. The summed E-state index contributed by atoms with van der Waals surface area (Å²) in [6.45, 7) is 1.93. The zero-order valence-electron chi connectivity index (χ0n) is 13.2. The summed E-state index contributed by atoms with van der Waals surface area (Å²) >= 11 is 0. The first-order valence-corrected chi connectivity index (χ1v) is 7.97. The molecule has 0 bridgehead atoms. The second-order valence-electron chi connectivity index (χ2n) is 6.22. The fraction of sp³-hybridized carbons (Fsp3) is 0.500. The van der Waals surface area contributed by atoms with Crippen LogP contribution in [-0.2, 0) is 11.2 Å². The van der Waals surface area contributed by atoms with Gasteiger partial charge in [0.25, 0.3) is 5.91 Å². The molecular weight excluding hydrogens is 300 g/mol. The van der Waals surface area contributed by atoms with E-state index in [0.717, 1.165) is 19.3 Å². The molecule has 0 aliphatic carbocycles. The zero-order chi connectivity index (χ0) is 16.9. The number of nitrogens with one attached hydrogen (secondary N) is 1. The highest BCUT2D eigenvalue weighted by Crippen LogP contribution is 2.27. The van der Waals surface area contributed by atoms with Gasteiger partial charge in [-0.05, 0) is 30.7 Å². The van der Waals surface area contributed by atoms with E-state index < -0.39 is 30.4 Å². The molecule has 1 amide bonds. The summed E-state index contributed by atoms with van der Waals surface area (Å²) in [5.74, 6) is -4.51. The van der Waals surface area contributed by atoms with Crippen molar-refractivity contribution in [3.8, 4) is 0 Å². The maximum absolute atomic E-state index is 13.1. The van der Waals surface area contributed by atoms with Crippen LogP contribution >= 0.6 is 0 Å². The smallest absolute Gasteiger partial charge is 0.326 e. The average molecular weight is 323 g/mol. The average Bonchev–Trinajstić information content (AvgIpc) is 2.78. The predicted octanol–water partition coefficient (Wildman–Crippen LogP) is 3.09. The number of aliphatic hydroxyl groups excluding tert-OH is 1. The minimum absolute atomic E-state index is 0.0348. The third-order valence-electron chi connectivity index (χ3n) is 4.22. The molecule has 2 rings (SSSR count). The number of hydrogen-bond acceptors (Lipinski definition) is 2. The molecule has 0 spiro atoms. The summed E-state index contributed by atoms with van der Waals surface area (Å²) in [7, 11) is 0. The van der Waals surface area contributed by atoms with Gasteiger partial charge in [-0.25, -0.2) is 0 Å². The first kappa shape index (κ1) is 17.6. The molecule has 1 aromatic rings. The van der Waals surface area contributed by atoms with E-state index in [4.69, 9.17) is 0 Å². The fourth-order valence-electron chi connectivity index (χ4n) is 2.69. The standard InChI is InChI=1S/C18H23F2NO2/c1-13(6-5-9-14-7-3-2-4-8-14)16(22)11-10-15-12-18(19,20)17(23)21-15/h2-4,7-8,10-11,13,15-16,22H,5-6,9,12H2,1H3,(H,21,23)/b11-10+/t13-,15+,16-/m1/s1. The van der Waals surface area contributed by atoms with Crippen LogP contribution in [-0.4, -0.2) is 29.1 Å². The minimum atomic E-state index is -3.30. The van der Waals surface area contributed by atoms with E-state index in [1.165, 1.54) is 17.7 Å². The molecule has 1 aromatic carbocycles. The Labute approximate surface area is 135 Å². The molecule has 1 aliphatic rings. The first-order chi connectivity index (χ1) is 10.9. The van der Waals surface area contributed by atoms with E-state index in [-0.39, 0.29) is 5.92 Å². The van der Waals surface area contributed by atoms with Crippen molar-refractivity contribution in [2.24, 2.45) is 5.92 Å². The third kappa shape index (κ3) is 5.13. The Morgan fingerprint density at radius 3 is 2.70 bits per heavy atom. The number of benzene rings is 1. The third-order valence-corrected chi connectivity index (χ3v) is 4.22. The van der Waals surface area contributed by atoms with Gasteiger partial charge < -0.3 is 10.4 Å². The summed E-state index contributed by atoms with van der Waals surface area (Å²) in [5, 5.41) is 12.3. The predicted molar refractivity (Wildman–Crippen MR) is 85.2 cm³/mol. The van der Waals surface area contributed by atoms with Gasteiger partial charge in [0.2, 0.25) is 0 Å². The molecule has 1 fully saturated rings. The summed E-state index contributed by atoms with van der Waals surface area (Å²) in [6.07, 6.45) is 4.49. The van der Waals surface area contributed by atoms with Gasteiger partial charge in [-0.15, -0.1) is 0 Å². The Bertz CT molecular complexity index is 545. The number of halogens is 2. The molecule has 23 heavy (non-hydrogen) atoms. The second kappa shape index (κ2) is 7.68. The van der Waals surface area contributed by atoms with Crippen molar-refractivity contribution in [1.82, 2.24) is 5.32 Å². The summed E-state index contributed by atoms with van der Waals surface area (Å²) in [6, 6.07) is 9.42. The highest BCUT2D eigenvalue weighted by Gasteiger charge is 2.47. The van der Waals surface area contributed by atoms with Crippen LogP contribution in [0.4, 0.5) is 8.78 Å². The lowest BCUT2D eigenvalue weighted by Crippen LogP contribution is -2.30. The van der Waals surface area contributed by atoms with Gasteiger partial charge in [0.05, 0.1) is 12.1 Å². The van der Waals surface area contributed by atoms with E-state index in [1.54, 1.807) is 0 Å². The van der Waals surface area contributed by atoms with E-state index in [2.05, 4.69) is 17.4 Å². The number of hydrogen-bond donors (Lipinski definition) is 2. The van der Waals surface area contributed by atoms with Gasteiger partial charge in [0, 0.05) is 6.42 Å². The molecule has 5 heteroatoms. The molecule has 126 valence electrons. The van der Waals surface area contributed by atoms with Crippen molar-refractivity contribution >= 4 is 5.91 Å². The van der Waals surface area contributed by atoms with E-state index in [9.17, 15) is 18.7 Å². The molecular formula is C18H23F2NO2. The second-order valence-corrected chi connectivity index (χ2v) is 6.22. The molecule has 1 heterocycles. The lowest BCUT2D eigenvalue weighted by molar-refractivity contribution is -0.139. The number of carbonyl (C=O) groups is 1. The summed E-state index contributed by atoms with van der Waals surface area (Å²) in [5.41, 5.74) is 1.26. The zero-order valence-corrected chi connectivity index (χ0v) is 13.2. The first-order valence-electron chi connectivity index (χ1n) is 7.97. The van der Waals surface area contributed by atoms with Gasteiger partial charge in [0.15, 0.2) is 0 Å². The van der Waals surface area contributed by atoms with Crippen molar-refractivity contribution in [3.05, 3.63) is 48.0 Å². The number of aryl methyl sites for hydroxylation is 1. The van der Waals surface area contributed by atoms with Crippen molar-refractivity contribution in [1.29, 1.82) is 0 Å². The van der Waals surface area contributed by atoms with Crippen LogP contribution in [0, 0.1) is 5.92 Å². The molecule has 3 nitrogen and oxygen atoms in total. The van der Waals surface area contributed by atoms with E-state index in [0.29, 0.717) is 0 Å². The highest BCUT2D eigenvalue weighted by molar-refractivity contribution is 5.86. The molecule has 1 saturated heterocycles. The van der Waals surface area contributed by atoms with Gasteiger partial charge in [-0.2, -0.15) is 8.78 Å². The van der Waals surface area contributed by atoms with Crippen LogP contribution in [0.2, 0.25) is 0 Å². The Balaban J connectivity index is 1.73. The van der Waals surface area contributed by atoms with Gasteiger partial charge >= 0.3 is 5.92 Å². The SMILES string of the molecule is C[C@H](CCCc1ccccc1)[C@H](O)/C=C/[C@H]1CC(F)(F)C(=O)N1. The van der Waals surface area contributed by atoms with Gasteiger partial charge in [-0.3, -0.25) is 4.79 Å². The number of carbonyl (C=O) groups excluding carboxylic acids is 1. The number of amides is 1. The number of aliphatic hydroxyl groups is 1. The monoisotopic (exact) mass is 323 g/mol. The Hall–Kier alpha value is -1.75. The van der Waals surface area contributed by atoms with Gasteiger partial charge in [0.1, 0.15) is 0 Å². The van der Waals surface area contributed by atoms with Crippen LogP contribution < -0.4 is 5.32 Å². The molecule has 1 aliphatic heterocycles. The minimum Gasteiger partial charge on any atom is -0.389 e. The maximum Gasteiger partial charge on any atom is 0.326 e. The van der Waals surface area contributed by atoms with E-state index >= 15 is 0 Å². The molecule has 0 radical (unpaired) electrons. The van der Waals surface area contributed by atoms with Crippen LogP contribution in [0.1, 0.15) is 31.7 Å². The maximum atomic E-state index is 13.1. The fourth-order valence-corrected chi connectivity index (χ4v) is 2.69. The molecule has 3 atom stereocenters. The van der Waals surface area contributed by atoms with Crippen LogP contribution in [0.3, 0.4) is 0 Å². The van der Waals surface area contributed by atoms with Crippen molar-refractivity contribution in [2.45, 2.75) is 50.7 Å². The number of rotatable bonds is 7. The molecule has 0 aromatic heterocycles. The topological polar surface area (TPSA) is 49.3 Å². The molecule has 0 saturated carbocycles. The normalized spacial score (nSPS) is 23.0. The summed E-state index contributed by atoms with van der Waals surface area (Å²) < 4.78 is 26.2.